The van der Waals surface area contributed by atoms with Gasteiger partial charge in [-0.25, -0.2) is 0 Å². The Labute approximate surface area is 122 Å². The number of amides is 1. The van der Waals surface area contributed by atoms with Crippen molar-refractivity contribution in [2.24, 2.45) is 0 Å². The lowest BCUT2D eigenvalue weighted by Crippen LogP contribution is -2.35. The third kappa shape index (κ3) is 4.06. The number of carbonyl (C=O) groups excluding carboxylic acids is 1. The normalized spacial score (nSPS) is 12.1. The standard InChI is InChI=1S/C15H18N2O4/c1-11(10-20-2)16-15(19)13-7-6-12(21-13)9-17-8-4-3-5-14(17)18/h3-8,11H,9-10H2,1-2H3,(H,16,19). The maximum Gasteiger partial charge on any atom is 0.287 e. The lowest BCUT2D eigenvalue weighted by Gasteiger charge is -2.11. The smallest absolute Gasteiger partial charge is 0.287 e. The molecule has 0 saturated carbocycles. The molecule has 2 rings (SSSR count). The first-order valence-electron chi connectivity index (χ1n) is 6.64. The van der Waals surface area contributed by atoms with Gasteiger partial charge in [0.15, 0.2) is 5.76 Å². The number of hydrogen-bond donors (Lipinski definition) is 1. The van der Waals surface area contributed by atoms with Crippen LogP contribution in [0.2, 0.25) is 0 Å². The van der Waals surface area contributed by atoms with Gasteiger partial charge in [0, 0.05) is 25.4 Å². The molecule has 0 aliphatic carbocycles. The van der Waals surface area contributed by atoms with Crippen LogP contribution in [-0.2, 0) is 11.3 Å². The van der Waals surface area contributed by atoms with Crippen LogP contribution in [-0.4, -0.2) is 30.2 Å². The Bertz CT molecular complexity index is 659. The molecule has 112 valence electrons. The molecule has 0 radical (unpaired) electrons. The van der Waals surface area contributed by atoms with E-state index in [0.717, 1.165) is 0 Å². The molecule has 0 spiro atoms. The third-order valence-corrected chi connectivity index (χ3v) is 2.90. The molecule has 0 bridgehead atoms. The van der Waals surface area contributed by atoms with Crippen LogP contribution in [0, 0.1) is 0 Å². The minimum Gasteiger partial charge on any atom is -0.454 e. The van der Waals surface area contributed by atoms with Gasteiger partial charge in [-0.2, -0.15) is 0 Å². The summed E-state index contributed by atoms with van der Waals surface area (Å²) in [5, 5.41) is 2.76. The van der Waals surface area contributed by atoms with Crippen LogP contribution >= 0.6 is 0 Å². The van der Waals surface area contributed by atoms with E-state index in [2.05, 4.69) is 5.32 Å². The second-order valence-electron chi connectivity index (χ2n) is 4.76. The summed E-state index contributed by atoms with van der Waals surface area (Å²) in [6.07, 6.45) is 1.67. The largest absolute Gasteiger partial charge is 0.454 e. The second kappa shape index (κ2) is 6.90. The predicted octanol–water partition coefficient (Wildman–Crippen LogP) is 1.25. The van der Waals surface area contributed by atoms with Gasteiger partial charge in [-0.05, 0) is 25.1 Å². The highest BCUT2D eigenvalue weighted by Crippen LogP contribution is 2.09. The van der Waals surface area contributed by atoms with Gasteiger partial charge in [0.2, 0.25) is 0 Å². The third-order valence-electron chi connectivity index (χ3n) is 2.90. The van der Waals surface area contributed by atoms with Crippen molar-refractivity contribution in [2.75, 3.05) is 13.7 Å². The van der Waals surface area contributed by atoms with Crippen LogP contribution in [0.3, 0.4) is 0 Å². The Kier molecular flexibility index (Phi) is 4.94. The van der Waals surface area contributed by atoms with Gasteiger partial charge in [-0.3, -0.25) is 9.59 Å². The molecule has 0 aliphatic heterocycles. The van der Waals surface area contributed by atoms with Crippen molar-refractivity contribution >= 4 is 5.91 Å². The second-order valence-corrected chi connectivity index (χ2v) is 4.76. The van der Waals surface area contributed by atoms with Crippen molar-refractivity contribution in [3.63, 3.8) is 0 Å². The Morgan fingerprint density at radius 1 is 1.38 bits per heavy atom. The summed E-state index contributed by atoms with van der Waals surface area (Å²) < 4.78 is 11.9. The van der Waals surface area contributed by atoms with Gasteiger partial charge >= 0.3 is 0 Å². The van der Waals surface area contributed by atoms with Crippen LogP contribution in [0.4, 0.5) is 0 Å². The average Bonchev–Trinajstić information content (AvgIpc) is 2.90. The van der Waals surface area contributed by atoms with E-state index in [1.165, 1.54) is 10.6 Å². The number of ether oxygens (including phenoxy) is 1. The summed E-state index contributed by atoms with van der Waals surface area (Å²) >= 11 is 0. The van der Waals surface area contributed by atoms with E-state index in [1.807, 2.05) is 6.92 Å². The van der Waals surface area contributed by atoms with Crippen molar-refractivity contribution in [3.05, 3.63) is 58.4 Å². The number of aromatic nitrogens is 1. The molecule has 0 aromatic carbocycles. The zero-order valence-corrected chi connectivity index (χ0v) is 12.0. The topological polar surface area (TPSA) is 73.5 Å². The van der Waals surface area contributed by atoms with Crippen LogP contribution in [0.5, 0.6) is 0 Å². The van der Waals surface area contributed by atoms with Crippen LogP contribution < -0.4 is 10.9 Å². The van der Waals surface area contributed by atoms with Gasteiger partial charge in [0.25, 0.3) is 11.5 Å². The number of hydrogen-bond acceptors (Lipinski definition) is 4. The molecule has 1 amide bonds. The van der Waals surface area contributed by atoms with Crippen LogP contribution in [0.1, 0.15) is 23.2 Å². The molecule has 0 fully saturated rings. The Balaban J connectivity index is 2.03. The van der Waals surface area contributed by atoms with E-state index in [0.29, 0.717) is 18.9 Å². The first-order chi connectivity index (χ1) is 10.1. The molecular weight excluding hydrogens is 272 g/mol. The van der Waals surface area contributed by atoms with E-state index in [9.17, 15) is 9.59 Å². The monoisotopic (exact) mass is 290 g/mol. The molecule has 2 aromatic heterocycles. The molecule has 6 heteroatoms. The Hall–Kier alpha value is -2.34. The molecular formula is C15H18N2O4. The molecule has 1 atom stereocenters. The molecule has 6 nitrogen and oxygen atoms in total. The number of furan rings is 1. The lowest BCUT2D eigenvalue weighted by atomic mass is 10.3. The lowest BCUT2D eigenvalue weighted by molar-refractivity contribution is 0.0876. The molecule has 1 unspecified atom stereocenters. The van der Waals surface area contributed by atoms with Crippen molar-refractivity contribution in [3.8, 4) is 0 Å². The van der Waals surface area contributed by atoms with Crippen molar-refractivity contribution in [1.82, 2.24) is 9.88 Å². The number of nitrogens with one attached hydrogen (secondary N) is 1. The van der Waals surface area contributed by atoms with Crippen LogP contribution in [0.25, 0.3) is 0 Å². The van der Waals surface area contributed by atoms with Crippen molar-refractivity contribution < 1.29 is 13.9 Å². The quantitative estimate of drug-likeness (QED) is 0.869. The zero-order valence-electron chi connectivity index (χ0n) is 12.0. The van der Waals surface area contributed by atoms with Gasteiger partial charge in [0.05, 0.1) is 13.2 Å². The fourth-order valence-electron chi connectivity index (χ4n) is 1.93. The minimum atomic E-state index is -0.300. The highest BCUT2D eigenvalue weighted by Gasteiger charge is 2.14. The summed E-state index contributed by atoms with van der Waals surface area (Å²) in [5.41, 5.74) is -0.117. The van der Waals surface area contributed by atoms with E-state index in [1.54, 1.807) is 37.6 Å². The first kappa shape index (κ1) is 15.1. The Morgan fingerprint density at radius 2 is 2.19 bits per heavy atom. The number of rotatable bonds is 6. The molecule has 2 heterocycles. The average molecular weight is 290 g/mol. The van der Waals surface area contributed by atoms with Gasteiger partial charge in [0.1, 0.15) is 5.76 Å². The van der Waals surface area contributed by atoms with Crippen molar-refractivity contribution in [2.45, 2.75) is 19.5 Å². The molecule has 2 aromatic rings. The fraction of sp³-hybridized carbons (Fsp3) is 0.333. The first-order valence-corrected chi connectivity index (χ1v) is 6.64. The highest BCUT2D eigenvalue weighted by atomic mass is 16.5. The highest BCUT2D eigenvalue weighted by molar-refractivity contribution is 5.91. The van der Waals surface area contributed by atoms with Gasteiger partial charge < -0.3 is 19.0 Å². The van der Waals surface area contributed by atoms with Crippen LogP contribution in [0.15, 0.2) is 45.7 Å². The minimum absolute atomic E-state index is 0.104. The molecule has 0 aliphatic rings. The number of carbonyl (C=O) groups is 1. The van der Waals surface area contributed by atoms with Gasteiger partial charge in [-0.1, -0.05) is 6.07 Å². The van der Waals surface area contributed by atoms with E-state index >= 15 is 0 Å². The fourth-order valence-corrected chi connectivity index (χ4v) is 1.93. The van der Waals surface area contributed by atoms with E-state index < -0.39 is 0 Å². The predicted molar refractivity (Wildman–Crippen MR) is 77.3 cm³/mol. The maximum absolute atomic E-state index is 11.9. The summed E-state index contributed by atoms with van der Waals surface area (Å²) in [5.74, 6) is 0.469. The summed E-state index contributed by atoms with van der Waals surface area (Å²) in [7, 11) is 1.57. The summed E-state index contributed by atoms with van der Waals surface area (Å²) in [6, 6.07) is 8.10. The summed E-state index contributed by atoms with van der Waals surface area (Å²) in [6.45, 7) is 2.56. The van der Waals surface area contributed by atoms with Crippen molar-refractivity contribution in [1.29, 1.82) is 0 Å². The molecule has 21 heavy (non-hydrogen) atoms. The zero-order chi connectivity index (χ0) is 15.2. The number of methoxy groups -OCH3 is 1. The van der Waals surface area contributed by atoms with Gasteiger partial charge in [-0.15, -0.1) is 0 Å². The Morgan fingerprint density at radius 3 is 2.90 bits per heavy atom. The molecule has 0 saturated heterocycles. The molecule has 1 N–H and O–H groups in total. The summed E-state index contributed by atoms with van der Waals surface area (Å²) in [4.78, 5) is 23.5. The maximum atomic E-state index is 11.9. The SMILES string of the molecule is COCC(C)NC(=O)c1ccc(Cn2ccccc2=O)o1. The number of nitrogens with zero attached hydrogens (tertiary/aromatic N) is 1. The van der Waals surface area contributed by atoms with E-state index in [-0.39, 0.29) is 23.3 Å². The number of pyridine rings is 1. The van der Waals surface area contributed by atoms with E-state index in [4.69, 9.17) is 9.15 Å².